The van der Waals surface area contributed by atoms with Crippen LogP contribution in [-0.2, 0) is 4.79 Å². The summed E-state index contributed by atoms with van der Waals surface area (Å²) in [4.78, 5) is 29.8. The van der Waals surface area contributed by atoms with Crippen LogP contribution in [0.2, 0.25) is 0 Å². The minimum absolute atomic E-state index is 0.0737. The summed E-state index contributed by atoms with van der Waals surface area (Å²) in [6, 6.07) is 11.2. The van der Waals surface area contributed by atoms with E-state index in [0.717, 1.165) is 37.4 Å². The number of benzene rings is 1. The molecule has 1 aliphatic rings. The monoisotopic (exact) mass is 378 g/mol. The van der Waals surface area contributed by atoms with Crippen molar-refractivity contribution in [3.8, 4) is 0 Å². The van der Waals surface area contributed by atoms with Crippen molar-refractivity contribution in [1.82, 2.24) is 15.8 Å². The van der Waals surface area contributed by atoms with E-state index in [1.807, 2.05) is 24.3 Å². The summed E-state index contributed by atoms with van der Waals surface area (Å²) in [5.41, 5.74) is 4.61. The molecular weight excluding hydrogens is 356 g/mol. The Balaban J connectivity index is 1.60. The largest absolute Gasteiger partial charge is 0.369 e. The van der Waals surface area contributed by atoms with Crippen molar-refractivity contribution in [3.63, 3.8) is 0 Å². The number of amides is 1. The molecule has 0 unspecified atom stereocenters. The van der Waals surface area contributed by atoms with Crippen molar-refractivity contribution >= 4 is 29.5 Å². The molecule has 0 radical (unpaired) electrons. The molecule has 1 aromatic heterocycles. The number of pyridine rings is 1. The molecule has 0 bridgehead atoms. The molecule has 1 fully saturated rings. The molecule has 28 heavy (non-hydrogen) atoms. The summed E-state index contributed by atoms with van der Waals surface area (Å²) in [7, 11) is 0. The van der Waals surface area contributed by atoms with Crippen LogP contribution in [0.4, 0.5) is 5.69 Å². The third kappa shape index (κ3) is 5.35. The number of aromatic nitrogens is 1. The average Bonchev–Trinajstić information content (AvgIpc) is 2.77. The molecule has 2 aromatic rings. The van der Waals surface area contributed by atoms with Crippen molar-refractivity contribution in [2.75, 3.05) is 31.1 Å². The number of piperazine rings is 1. The standard InChI is InChI=1S/C21H22N4O3/c26-20(17-3-7-19(8-4-17)25-13-11-22-12-14-25)9-2-16-1-5-18(23-15-16)6-10-21(27)24-28/h1-10,15,22,28H,11-14H2,(H,24,27). The molecule has 1 saturated heterocycles. The van der Waals surface area contributed by atoms with Gasteiger partial charge < -0.3 is 10.2 Å². The molecule has 0 spiro atoms. The molecule has 1 aromatic carbocycles. The van der Waals surface area contributed by atoms with Crippen molar-refractivity contribution in [2.45, 2.75) is 0 Å². The van der Waals surface area contributed by atoms with Gasteiger partial charge >= 0.3 is 0 Å². The molecule has 0 saturated carbocycles. The van der Waals surface area contributed by atoms with Gasteiger partial charge in [0.1, 0.15) is 0 Å². The van der Waals surface area contributed by atoms with E-state index in [1.54, 1.807) is 24.4 Å². The minimum atomic E-state index is -0.626. The van der Waals surface area contributed by atoms with Gasteiger partial charge in [0, 0.05) is 49.7 Å². The van der Waals surface area contributed by atoms with Crippen LogP contribution >= 0.6 is 0 Å². The topological polar surface area (TPSA) is 94.6 Å². The number of rotatable bonds is 6. The second-order valence-electron chi connectivity index (χ2n) is 6.31. The van der Waals surface area contributed by atoms with E-state index in [2.05, 4.69) is 15.2 Å². The highest BCUT2D eigenvalue weighted by Gasteiger charge is 2.10. The number of ketones is 1. The lowest BCUT2D eigenvalue weighted by Crippen LogP contribution is -2.43. The van der Waals surface area contributed by atoms with Gasteiger partial charge in [-0.1, -0.05) is 6.07 Å². The van der Waals surface area contributed by atoms with E-state index in [4.69, 9.17) is 5.21 Å². The SMILES string of the molecule is O=C(C=Cc1ccc(C=CC(=O)c2ccc(N3CCNCC3)cc2)cn1)NO. The number of anilines is 1. The van der Waals surface area contributed by atoms with Crippen LogP contribution in [0, 0.1) is 0 Å². The van der Waals surface area contributed by atoms with E-state index in [1.165, 1.54) is 23.7 Å². The molecular formula is C21H22N4O3. The molecule has 7 heteroatoms. The lowest BCUT2D eigenvalue weighted by atomic mass is 10.1. The summed E-state index contributed by atoms with van der Waals surface area (Å²) < 4.78 is 0. The fourth-order valence-electron chi connectivity index (χ4n) is 2.84. The molecule has 1 aliphatic heterocycles. The van der Waals surface area contributed by atoms with E-state index in [9.17, 15) is 9.59 Å². The average molecular weight is 378 g/mol. The van der Waals surface area contributed by atoms with Gasteiger partial charge in [0.05, 0.1) is 5.69 Å². The van der Waals surface area contributed by atoms with Gasteiger partial charge in [0.2, 0.25) is 0 Å². The Bertz CT molecular complexity index is 868. The zero-order valence-electron chi connectivity index (χ0n) is 15.3. The van der Waals surface area contributed by atoms with Gasteiger partial charge in [-0.15, -0.1) is 0 Å². The van der Waals surface area contributed by atoms with Crippen LogP contribution in [0.5, 0.6) is 0 Å². The number of hydroxylamine groups is 1. The maximum atomic E-state index is 12.4. The Kier molecular flexibility index (Phi) is 6.67. The van der Waals surface area contributed by atoms with Gasteiger partial charge in [0.25, 0.3) is 5.91 Å². The maximum Gasteiger partial charge on any atom is 0.267 e. The Labute approximate surface area is 163 Å². The normalized spacial score (nSPS) is 14.5. The van der Waals surface area contributed by atoms with E-state index >= 15 is 0 Å². The van der Waals surface area contributed by atoms with Crippen LogP contribution in [0.15, 0.2) is 54.7 Å². The van der Waals surface area contributed by atoms with Crippen molar-refractivity contribution in [3.05, 3.63) is 71.6 Å². The third-order valence-electron chi connectivity index (χ3n) is 4.39. The minimum Gasteiger partial charge on any atom is -0.369 e. The second kappa shape index (κ2) is 9.59. The van der Waals surface area contributed by atoms with Crippen molar-refractivity contribution in [2.24, 2.45) is 0 Å². The first-order valence-electron chi connectivity index (χ1n) is 9.02. The lowest BCUT2D eigenvalue weighted by molar-refractivity contribution is -0.124. The highest BCUT2D eigenvalue weighted by Crippen LogP contribution is 2.16. The Morgan fingerprint density at radius 1 is 1.04 bits per heavy atom. The number of allylic oxidation sites excluding steroid dienone is 1. The number of nitrogens with zero attached hydrogens (tertiary/aromatic N) is 2. The Hall–Kier alpha value is -3.29. The molecule has 0 atom stereocenters. The maximum absolute atomic E-state index is 12.4. The van der Waals surface area contributed by atoms with Gasteiger partial charge in [-0.3, -0.25) is 19.8 Å². The number of hydrogen-bond acceptors (Lipinski definition) is 6. The summed E-state index contributed by atoms with van der Waals surface area (Å²) in [5, 5.41) is 11.8. The van der Waals surface area contributed by atoms with E-state index < -0.39 is 5.91 Å². The predicted molar refractivity (Wildman–Crippen MR) is 108 cm³/mol. The Morgan fingerprint density at radius 2 is 1.79 bits per heavy atom. The number of nitrogens with one attached hydrogen (secondary N) is 2. The summed E-state index contributed by atoms with van der Waals surface area (Å²) in [5.74, 6) is -0.699. The van der Waals surface area contributed by atoms with Crippen LogP contribution in [0.1, 0.15) is 21.6 Å². The highest BCUT2D eigenvalue weighted by molar-refractivity contribution is 6.07. The summed E-state index contributed by atoms with van der Waals surface area (Å²) in [6.07, 6.45) is 7.47. The van der Waals surface area contributed by atoms with Gasteiger partial charge in [-0.2, -0.15) is 0 Å². The highest BCUT2D eigenvalue weighted by atomic mass is 16.5. The number of carbonyl (C=O) groups excluding carboxylic acids is 2. The summed E-state index contributed by atoms with van der Waals surface area (Å²) >= 11 is 0. The quantitative estimate of drug-likeness (QED) is 0.308. The number of carbonyl (C=O) groups is 2. The molecule has 144 valence electrons. The first-order chi connectivity index (χ1) is 13.7. The fourth-order valence-corrected chi connectivity index (χ4v) is 2.84. The van der Waals surface area contributed by atoms with Crippen LogP contribution in [0.3, 0.4) is 0 Å². The van der Waals surface area contributed by atoms with Crippen LogP contribution in [0.25, 0.3) is 12.2 Å². The fraction of sp³-hybridized carbons (Fsp3) is 0.190. The molecule has 3 rings (SSSR count). The second-order valence-corrected chi connectivity index (χ2v) is 6.31. The smallest absolute Gasteiger partial charge is 0.267 e. The van der Waals surface area contributed by atoms with Crippen LogP contribution < -0.4 is 15.7 Å². The molecule has 0 aliphatic carbocycles. The predicted octanol–water partition coefficient (Wildman–Crippen LogP) is 1.91. The number of hydrogen-bond donors (Lipinski definition) is 3. The third-order valence-corrected chi connectivity index (χ3v) is 4.39. The molecule has 3 N–H and O–H groups in total. The lowest BCUT2D eigenvalue weighted by Gasteiger charge is -2.29. The first kappa shape index (κ1) is 19.5. The molecule has 7 nitrogen and oxygen atoms in total. The van der Waals surface area contributed by atoms with E-state index in [0.29, 0.717) is 11.3 Å². The van der Waals surface area contributed by atoms with Crippen molar-refractivity contribution in [1.29, 1.82) is 0 Å². The zero-order valence-corrected chi connectivity index (χ0v) is 15.3. The summed E-state index contributed by atoms with van der Waals surface area (Å²) in [6.45, 7) is 3.88. The van der Waals surface area contributed by atoms with Crippen molar-refractivity contribution < 1.29 is 14.8 Å². The van der Waals surface area contributed by atoms with Gasteiger partial charge in [0.15, 0.2) is 5.78 Å². The molecule has 2 heterocycles. The van der Waals surface area contributed by atoms with E-state index in [-0.39, 0.29) is 5.78 Å². The molecule has 1 amide bonds. The first-order valence-corrected chi connectivity index (χ1v) is 9.02. The van der Waals surface area contributed by atoms with Gasteiger partial charge in [-0.05, 0) is 54.1 Å². The zero-order chi connectivity index (χ0) is 19.8. The Morgan fingerprint density at radius 3 is 2.43 bits per heavy atom. The van der Waals surface area contributed by atoms with Gasteiger partial charge in [-0.25, -0.2) is 5.48 Å². The van der Waals surface area contributed by atoms with Crippen LogP contribution in [-0.4, -0.2) is 48.1 Å².